The van der Waals surface area contributed by atoms with Gasteiger partial charge in [0.25, 0.3) is 0 Å². The van der Waals surface area contributed by atoms with Gasteiger partial charge in [0.05, 0.1) is 0 Å². The minimum absolute atomic E-state index is 0.103. The monoisotopic (exact) mass is 556 g/mol. The SMILES string of the molecule is N[C@@H](Cc1ccc(O)cc1)C(=O)OC(OC(OC(=O)[C@@H](N)Cc1ccc(O)cc1)c1ccccc1)c1ccccc1. The summed E-state index contributed by atoms with van der Waals surface area (Å²) in [5.74, 6) is -1.25. The van der Waals surface area contributed by atoms with Gasteiger partial charge < -0.3 is 31.2 Å². The van der Waals surface area contributed by atoms with Crippen LogP contribution in [0.5, 0.6) is 11.5 Å². The molecule has 0 heterocycles. The quantitative estimate of drug-likeness (QED) is 0.149. The molecule has 41 heavy (non-hydrogen) atoms. The van der Waals surface area contributed by atoms with Crippen LogP contribution in [0.4, 0.5) is 0 Å². The van der Waals surface area contributed by atoms with Gasteiger partial charge in [0.1, 0.15) is 23.6 Å². The summed E-state index contributed by atoms with van der Waals surface area (Å²) in [6.07, 6.45) is -2.19. The number of ether oxygens (including phenoxy) is 3. The number of carbonyl (C=O) groups excluding carboxylic acids is 2. The van der Waals surface area contributed by atoms with Crippen LogP contribution in [-0.2, 0) is 36.6 Å². The van der Waals surface area contributed by atoms with Gasteiger partial charge in [-0.25, -0.2) is 0 Å². The van der Waals surface area contributed by atoms with Crippen LogP contribution in [0.15, 0.2) is 109 Å². The number of phenols is 2. The number of aromatic hydroxyl groups is 2. The largest absolute Gasteiger partial charge is 0.508 e. The first-order valence-corrected chi connectivity index (χ1v) is 13.0. The summed E-state index contributed by atoms with van der Waals surface area (Å²) in [6.45, 7) is 0. The zero-order valence-corrected chi connectivity index (χ0v) is 22.2. The summed E-state index contributed by atoms with van der Waals surface area (Å²) in [5.41, 5.74) is 14.8. The predicted octanol–water partition coefficient (Wildman–Crippen LogP) is 4.04. The van der Waals surface area contributed by atoms with Crippen LogP contribution < -0.4 is 11.5 Å². The van der Waals surface area contributed by atoms with Crippen molar-refractivity contribution in [3.63, 3.8) is 0 Å². The lowest BCUT2D eigenvalue weighted by molar-refractivity contribution is -0.245. The van der Waals surface area contributed by atoms with Crippen LogP contribution in [0.3, 0.4) is 0 Å². The molecule has 0 aromatic heterocycles. The standard InChI is InChI=1S/C32H32N2O7/c33-27(19-21-11-15-25(35)16-12-21)29(37)39-31(23-7-3-1-4-8-23)41-32(24-9-5-2-6-10-24)40-30(38)28(34)20-22-13-17-26(36)18-14-22/h1-18,27-28,31-32,35-36H,19-20,33-34H2/t27-,28-,31?,32?/m0/s1. The first kappa shape index (κ1) is 29.3. The number of nitrogens with two attached hydrogens (primary N) is 2. The number of carbonyl (C=O) groups is 2. The summed E-state index contributed by atoms with van der Waals surface area (Å²) in [7, 11) is 0. The molecule has 4 atom stereocenters. The normalized spacial score (nSPS) is 13.9. The average molecular weight is 557 g/mol. The first-order valence-electron chi connectivity index (χ1n) is 13.0. The van der Waals surface area contributed by atoms with Crippen molar-refractivity contribution < 1.29 is 34.0 Å². The molecule has 0 aliphatic rings. The molecule has 4 aromatic rings. The van der Waals surface area contributed by atoms with E-state index in [4.69, 9.17) is 25.7 Å². The van der Waals surface area contributed by atoms with Crippen LogP contribution in [0, 0.1) is 0 Å². The van der Waals surface area contributed by atoms with Gasteiger partial charge in [-0.2, -0.15) is 0 Å². The third-order valence-corrected chi connectivity index (χ3v) is 6.23. The average Bonchev–Trinajstić information content (AvgIpc) is 2.99. The fourth-order valence-electron chi connectivity index (χ4n) is 4.01. The minimum atomic E-state index is -1.26. The second kappa shape index (κ2) is 14.1. The molecule has 0 saturated heterocycles. The van der Waals surface area contributed by atoms with E-state index in [2.05, 4.69) is 0 Å². The third kappa shape index (κ3) is 8.64. The van der Waals surface area contributed by atoms with Gasteiger partial charge in [0, 0.05) is 11.1 Å². The van der Waals surface area contributed by atoms with E-state index in [9.17, 15) is 19.8 Å². The van der Waals surface area contributed by atoms with Crippen molar-refractivity contribution in [1.82, 2.24) is 0 Å². The molecule has 4 aromatic carbocycles. The summed E-state index contributed by atoms with van der Waals surface area (Å²) < 4.78 is 17.6. The Labute approximate surface area is 237 Å². The van der Waals surface area contributed by atoms with Gasteiger partial charge in [0.15, 0.2) is 0 Å². The maximum atomic E-state index is 13.1. The molecule has 212 valence electrons. The second-order valence-corrected chi connectivity index (χ2v) is 9.45. The Hall–Kier alpha value is -4.70. The Morgan fingerprint density at radius 2 is 0.902 bits per heavy atom. The molecule has 9 heteroatoms. The van der Waals surface area contributed by atoms with Crippen LogP contribution in [0.25, 0.3) is 0 Å². The van der Waals surface area contributed by atoms with E-state index in [1.807, 2.05) is 0 Å². The van der Waals surface area contributed by atoms with Crippen molar-refractivity contribution in [3.8, 4) is 11.5 Å². The Balaban J connectivity index is 1.51. The summed E-state index contributed by atoms with van der Waals surface area (Å²) in [5, 5.41) is 19.0. The highest BCUT2D eigenvalue weighted by Gasteiger charge is 2.29. The Bertz CT molecular complexity index is 1290. The van der Waals surface area contributed by atoms with E-state index in [1.165, 1.54) is 24.3 Å². The van der Waals surface area contributed by atoms with Gasteiger partial charge in [-0.15, -0.1) is 0 Å². The van der Waals surface area contributed by atoms with Gasteiger partial charge >= 0.3 is 11.9 Å². The molecule has 0 saturated carbocycles. The fourth-order valence-corrected chi connectivity index (χ4v) is 4.01. The molecule has 0 aliphatic carbocycles. The number of phenolic OH excluding ortho intramolecular Hbond substituents is 2. The van der Waals surface area contributed by atoms with Crippen molar-refractivity contribution >= 4 is 11.9 Å². The van der Waals surface area contributed by atoms with Gasteiger partial charge in [0.2, 0.25) is 12.6 Å². The van der Waals surface area contributed by atoms with Crippen molar-refractivity contribution in [2.75, 3.05) is 0 Å². The topological polar surface area (TPSA) is 154 Å². The second-order valence-electron chi connectivity index (χ2n) is 9.45. The van der Waals surface area contributed by atoms with Crippen molar-refractivity contribution in [3.05, 3.63) is 131 Å². The fraction of sp³-hybridized carbons (Fsp3) is 0.188. The number of esters is 2. The van der Waals surface area contributed by atoms with E-state index < -0.39 is 36.6 Å². The third-order valence-electron chi connectivity index (χ3n) is 6.23. The zero-order valence-electron chi connectivity index (χ0n) is 22.2. The summed E-state index contributed by atoms with van der Waals surface area (Å²) in [4.78, 5) is 26.1. The molecule has 9 nitrogen and oxygen atoms in total. The summed E-state index contributed by atoms with van der Waals surface area (Å²) >= 11 is 0. The lowest BCUT2D eigenvalue weighted by Gasteiger charge is -2.27. The van der Waals surface area contributed by atoms with E-state index in [-0.39, 0.29) is 24.3 Å². The smallest absolute Gasteiger partial charge is 0.325 e. The van der Waals surface area contributed by atoms with Gasteiger partial charge in [-0.1, -0.05) is 84.9 Å². The van der Waals surface area contributed by atoms with E-state index in [1.54, 1.807) is 84.9 Å². The van der Waals surface area contributed by atoms with Gasteiger partial charge in [-0.05, 0) is 48.2 Å². The van der Waals surface area contributed by atoms with Crippen molar-refractivity contribution in [2.24, 2.45) is 11.5 Å². The Morgan fingerprint density at radius 3 is 1.24 bits per heavy atom. The highest BCUT2D eigenvalue weighted by atomic mass is 16.8. The number of rotatable bonds is 12. The Morgan fingerprint density at radius 1 is 0.561 bits per heavy atom. The van der Waals surface area contributed by atoms with Crippen LogP contribution >= 0.6 is 0 Å². The van der Waals surface area contributed by atoms with Crippen molar-refractivity contribution in [1.29, 1.82) is 0 Å². The van der Waals surface area contributed by atoms with Crippen LogP contribution in [-0.4, -0.2) is 34.2 Å². The molecule has 2 unspecified atom stereocenters. The van der Waals surface area contributed by atoms with E-state index in [0.717, 1.165) is 11.1 Å². The van der Waals surface area contributed by atoms with Gasteiger partial charge in [-0.3, -0.25) is 14.3 Å². The lowest BCUT2D eigenvalue weighted by atomic mass is 10.1. The molecule has 0 spiro atoms. The molecular formula is C32H32N2O7. The lowest BCUT2D eigenvalue weighted by Crippen LogP contribution is -2.37. The summed E-state index contributed by atoms with van der Waals surface area (Å²) in [6, 6.07) is 28.1. The van der Waals surface area contributed by atoms with Crippen LogP contribution in [0.2, 0.25) is 0 Å². The highest BCUT2D eigenvalue weighted by molar-refractivity contribution is 5.76. The molecule has 6 N–H and O–H groups in total. The molecule has 4 rings (SSSR count). The predicted molar refractivity (Wildman–Crippen MR) is 151 cm³/mol. The van der Waals surface area contributed by atoms with E-state index in [0.29, 0.717) is 11.1 Å². The first-order chi connectivity index (χ1) is 19.8. The number of benzene rings is 4. The highest BCUT2D eigenvalue weighted by Crippen LogP contribution is 2.30. The Kier molecular flexibility index (Phi) is 10.1. The molecule has 0 aliphatic heterocycles. The number of hydrogen-bond donors (Lipinski definition) is 4. The number of hydrogen-bond acceptors (Lipinski definition) is 9. The minimum Gasteiger partial charge on any atom is -0.508 e. The molecular weight excluding hydrogens is 524 g/mol. The maximum absolute atomic E-state index is 13.1. The van der Waals surface area contributed by atoms with Crippen LogP contribution in [0.1, 0.15) is 34.8 Å². The van der Waals surface area contributed by atoms with E-state index >= 15 is 0 Å². The van der Waals surface area contributed by atoms with Crippen molar-refractivity contribution in [2.45, 2.75) is 37.5 Å². The molecule has 0 fully saturated rings. The maximum Gasteiger partial charge on any atom is 0.325 e. The molecule has 0 bridgehead atoms. The molecule has 0 amide bonds. The molecule has 0 radical (unpaired) electrons. The zero-order chi connectivity index (χ0) is 29.2.